The summed E-state index contributed by atoms with van der Waals surface area (Å²) in [6.07, 6.45) is 1.12. The maximum Gasteiger partial charge on any atom is 0.305 e. The highest BCUT2D eigenvalue weighted by Gasteiger charge is 2.18. The Hall–Kier alpha value is -1.36. The molecule has 1 rings (SSSR count). The molecule has 0 saturated carbocycles. The van der Waals surface area contributed by atoms with E-state index in [1.54, 1.807) is 0 Å². The van der Waals surface area contributed by atoms with Crippen LogP contribution in [0, 0.1) is 0 Å². The molecular weight excluding hydrogens is 226 g/mol. The lowest BCUT2D eigenvalue weighted by Crippen LogP contribution is -2.29. The molecule has 4 nitrogen and oxygen atoms in total. The van der Waals surface area contributed by atoms with Crippen LogP contribution in [0.15, 0.2) is 17.5 Å². The van der Waals surface area contributed by atoms with E-state index in [1.165, 1.54) is 11.3 Å². The van der Waals surface area contributed by atoms with Gasteiger partial charge in [0.05, 0.1) is 12.5 Å². The Labute approximate surface area is 98.3 Å². The van der Waals surface area contributed by atoms with Gasteiger partial charge in [-0.05, 0) is 17.9 Å². The lowest BCUT2D eigenvalue weighted by atomic mass is 10.1. The van der Waals surface area contributed by atoms with Crippen LogP contribution in [0.4, 0.5) is 0 Å². The van der Waals surface area contributed by atoms with Gasteiger partial charge in [-0.1, -0.05) is 13.0 Å². The van der Waals surface area contributed by atoms with Crippen LogP contribution < -0.4 is 5.32 Å². The van der Waals surface area contributed by atoms with Crippen LogP contribution in [0.5, 0.6) is 0 Å². The summed E-state index contributed by atoms with van der Waals surface area (Å²) in [5, 5.41) is 13.4. The second kappa shape index (κ2) is 6.27. The van der Waals surface area contributed by atoms with E-state index in [2.05, 4.69) is 5.32 Å². The van der Waals surface area contributed by atoms with E-state index in [1.807, 2.05) is 24.4 Å². The van der Waals surface area contributed by atoms with Gasteiger partial charge >= 0.3 is 5.97 Å². The zero-order valence-corrected chi connectivity index (χ0v) is 9.92. The van der Waals surface area contributed by atoms with Crippen molar-refractivity contribution in [1.29, 1.82) is 0 Å². The summed E-state index contributed by atoms with van der Waals surface area (Å²) in [6.45, 7) is 1.91. The summed E-state index contributed by atoms with van der Waals surface area (Å²) >= 11 is 1.46. The fourth-order valence-corrected chi connectivity index (χ4v) is 2.16. The number of carboxylic acid groups (broad SMARTS) is 1. The Balaban J connectivity index is 2.65. The molecule has 1 aromatic rings. The molecule has 1 amide bonds. The van der Waals surface area contributed by atoms with Crippen LogP contribution in [0.1, 0.15) is 37.1 Å². The first-order valence-corrected chi connectivity index (χ1v) is 6.06. The smallest absolute Gasteiger partial charge is 0.305 e. The number of nitrogens with one attached hydrogen (secondary N) is 1. The van der Waals surface area contributed by atoms with Crippen molar-refractivity contribution in [2.24, 2.45) is 0 Å². The summed E-state index contributed by atoms with van der Waals surface area (Å²) in [4.78, 5) is 23.0. The van der Waals surface area contributed by atoms with Gasteiger partial charge < -0.3 is 10.4 Å². The first kappa shape index (κ1) is 12.7. The van der Waals surface area contributed by atoms with Gasteiger partial charge in [0.25, 0.3) is 0 Å². The predicted octanol–water partition coefficient (Wildman–Crippen LogP) is 2.18. The molecule has 1 unspecified atom stereocenters. The Kier molecular flexibility index (Phi) is 4.98. The Morgan fingerprint density at radius 2 is 2.31 bits per heavy atom. The van der Waals surface area contributed by atoms with Gasteiger partial charge in [-0.15, -0.1) is 11.3 Å². The molecule has 1 atom stereocenters. The third-order valence-electron chi connectivity index (χ3n) is 2.08. The van der Waals surface area contributed by atoms with Crippen molar-refractivity contribution in [2.75, 3.05) is 0 Å². The van der Waals surface area contributed by atoms with Crippen molar-refractivity contribution in [3.8, 4) is 0 Å². The number of amides is 1. The number of hydrogen-bond donors (Lipinski definition) is 2. The topological polar surface area (TPSA) is 66.4 Å². The fourth-order valence-electron chi connectivity index (χ4n) is 1.38. The molecule has 0 spiro atoms. The predicted molar refractivity (Wildman–Crippen MR) is 62.4 cm³/mol. The molecule has 5 heteroatoms. The largest absolute Gasteiger partial charge is 0.481 e. The molecule has 88 valence electrons. The Morgan fingerprint density at radius 1 is 1.56 bits per heavy atom. The molecule has 0 radical (unpaired) electrons. The number of hydrogen-bond acceptors (Lipinski definition) is 3. The summed E-state index contributed by atoms with van der Waals surface area (Å²) in [5.41, 5.74) is 0. The molecule has 16 heavy (non-hydrogen) atoms. The first-order chi connectivity index (χ1) is 7.63. The van der Waals surface area contributed by atoms with Gasteiger partial charge in [0.15, 0.2) is 0 Å². The van der Waals surface area contributed by atoms with E-state index >= 15 is 0 Å². The molecule has 0 aromatic carbocycles. The monoisotopic (exact) mass is 241 g/mol. The van der Waals surface area contributed by atoms with Gasteiger partial charge in [0.1, 0.15) is 0 Å². The third kappa shape index (κ3) is 4.02. The second-order valence-corrected chi connectivity index (χ2v) is 4.46. The van der Waals surface area contributed by atoms with E-state index in [0.29, 0.717) is 6.42 Å². The molecule has 0 aliphatic carbocycles. The highest BCUT2D eigenvalue weighted by molar-refractivity contribution is 7.10. The van der Waals surface area contributed by atoms with Crippen molar-refractivity contribution in [3.63, 3.8) is 0 Å². The summed E-state index contributed by atoms with van der Waals surface area (Å²) in [5.74, 6) is -1.00. The standard InChI is InChI=1S/C11H15NO3S/c1-2-4-10(13)12-8(7-11(14)15)9-5-3-6-16-9/h3,5-6,8H,2,4,7H2,1H3,(H,12,13)(H,14,15). The minimum Gasteiger partial charge on any atom is -0.481 e. The number of thiophene rings is 1. The molecule has 2 N–H and O–H groups in total. The quantitative estimate of drug-likeness (QED) is 0.802. The maximum absolute atomic E-state index is 11.4. The number of rotatable bonds is 6. The van der Waals surface area contributed by atoms with Crippen molar-refractivity contribution < 1.29 is 14.7 Å². The highest BCUT2D eigenvalue weighted by atomic mass is 32.1. The third-order valence-corrected chi connectivity index (χ3v) is 3.06. The fraction of sp³-hybridized carbons (Fsp3) is 0.455. The first-order valence-electron chi connectivity index (χ1n) is 5.18. The molecule has 0 saturated heterocycles. The van der Waals surface area contributed by atoms with Crippen molar-refractivity contribution in [3.05, 3.63) is 22.4 Å². The van der Waals surface area contributed by atoms with Gasteiger partial charge in [-0.25, -0.2) is 0 Å². The van der Waals surface area contributed by atoms with Gasteiger partial charge in [0, 0.05) is 11.3 Å². The molecule has 0 fully saturated rings. The SMILES string of the molecule is CCCC(=O)NC(CC(=O)O)c1cccs1. The molecule has 0 aliphatic rings. The molecule has 0 bridgehead atoms. The molecule has 0 aliphatic heterocycles. The number of carboxylic acids is 1. The van der Waals surface area contributed by atoms with E-state index in [-0.39, 0.29) is 12.3 Å². The highest BCUT2D eigenvalue weighted by Crippen LogP contribution is 2.22. The zero-order valence-electron chi connectivity index (χ0n) is 9.10. The average Bonchev–Trinajstić information content (AvgIpc) is 2.68. The van der Waals surface area contributed by atoms with Gasteiger partial charge in [-0.3, -0.25) is 9.59 Å². The normalized spacial score (nSPS) is 12.1. The summed E-state index contributed by atoms with van der Waals surface area (Å²) < 4.78 is 0. The van der Waals surface area contributed by atoms with E-state index in [4.69, 9.17) is 5.11 Å². The van der Waals surface area contributed by atoms with Crippen LogP contribution in [0.25, 0.3) is 0 Å². The number of carbonyl (C=O) groups is 2. The van der Waals surface area contributed by atoms with Crippen molar-refractivity contribution in [1.82, 2.24) is 5.32 Å². The molecule has 1 aromatic heterocycles. The second-order valence-electron chi connectivity index (χ2n) is 3.48. The Morgan fingerprint density at radius 3 is 2.81 bits per heavy atom. The molecule has 1 heterocycles. The lowest BCUT2D eigenvalue weighted by molar-refractivity contribution is -0.137. The number of aliphatic carboxylic acids is 1. The van der Waals surface area contributed by atoms with Crippen LogP contribution in [0.3, 0.4) is 0 Å². The Bertz CT molecular complexity index is 348. The lowest BCUT2D eigenvalue weighted by Gasteiger charge is -2.15. The average molecular weight is 241 g/mol. The van der Waals surface area contributed by atoms with Crippen LogP contribution >= 0.6 is 11.3 Å². The van der Waals surface area contributed by atoms with Crippen molar-refractivity contribution >= 4 is 23.2 Å². The van der Waals surface area contributed by atoms with Gasteiger partial charge in [0.2, 0.25) is 5.91 Å². The van der Waals surface area contributed by atoms with Crippen LogP contribution in [-0.4, -0.2) is 17.0 Å². The van der Waals surface area contributed by atoms with Crippen LogP contribution in [0.2, 0.25) is 0 Å². The minimum absolute atomic E-state index is 0.0734. The van der Waals surface area contributed by atoms with Gasteiger partial charge in [-0.2, -0.15) is 0 Å². The summed E-state index contributed by atoms with van der Waals surface area (Å²) in [6, 6.07) is 3.28. The van der Waals surface area contributed by atoms with Crippen LogP contribution in [-0.2, 0) is 9.59 Å². The van der Waals surface area contributed by atoms with E-state index < -0.39 is 12.0 Å². The molecular formula is C11H15NO3S. The number of carbonyl (C=O) groups excluding carboxylic acids is 1. The van der Waals surface area contributed by atoms with Crippen molar-refractivity contribution in [2.45, 2.75) is 32.2 Å². The van der Waals surface area contributed by atoms with E-state index in [0.717, 1.165) is 11.3 Å². The maximum atomic E-state index is 11.4. The minimum atomic E-state index is -0.907. The van der Waals surface area contributed by atoms with E-state index in [9.17, 15) is 9.59 Å². The summed E-state index contributed by atoms with van der Waals surface area (Å²) in [7, 11) is 0. The zero-order chi connectivity index (χ0) is 12.0.